The maximum atomic E-state index is 11.6. The van der Waals surface area contributed by atoms with E-state index in [1.807, 2.05) is 30.5 Å². The molecule has 0 aliphatic rings. The molecule has 4 nitrogen and oxygen atoms in total. The second-order valence-electron chi connectivity index (χ2n) is 4.61. The van der Waals surface area contributed by atoms with Gasteiger partial charge in [-0.2, -0.15) is 5.10 Å². The molecule has 0 fully saturated rings. The van der Waals surface area contributed by atoms with Crippen molar-refractivity contribution in [1.29, 1.82) is 0 Å². The Kier molecular flexibility index (Phi) is 4.22. The summed E-state index contributed by atoms with van der Waals surface area (Å²) >= 11 is 3.03. The number of nitrogens with one attached hydrogen (secondary N) is 1. The molecule has 0 radical (unpaired) electrons. The first kappa shape index (κ1) is 14.7. The smallest absolute Gasteiger partial charge is 0.350 e. The van der Waals surface area contributed by atoms with Crippen LogP contribution in [0.4, 0.5) is 5.69 Å². The molecular formula is C16H14N2O2S2. The zero-order valence-electron chi connectivity index (χ0n) is 12.1. The predicted octanol–water partition coefficient (Wildman–Crippen LogP) is 4.59. The van der Waals surface area contributed by atoms with E-state index in [0.717, 1.165) is 10.6 Å². The Morgan fingerprint density at radius 1 is 1.27 bits per heavy atom. The van der Waals surface area contributed by atoms with Gasteiger partial charge in [0.25, 0.3) is 0 Å². The van der Waals surface area contributed by atoms with Crippen molar-refractivity contribution in [3.05, 3.63) is 51.5 Å². The number of fused-ring (bicyclic) bond motifs is 1. The van der Waals surface area contributed by atoms with Crippen LogP contribution in [0.5, 0.6) is 0 Å². The third kappa shape index (κ3) is 2.88. The van der Waals surface area contributed by atoms with Crippen molar-refractivity contribution < 1.29 is 9.53 Å². The molecule has 3 aromatic rings. The van der Waals surface area contributed by atoms with Crippen LogP contribution in [0.3, 0.4) is 0 Å². The topological polar surface area (TPSA) is 50.7 Å². The molecule has 0 amide bonds. The Labute approximate surface area is 136 Å². The van der Waals surface area contributed by atoms with Crippen molar-refractivity contribution in [2.75, 3.05) is 12.5 Å². The van der Waals surface area contributed by atoms with Gasteiger partial charge in [-0.1, -0.05) is 18.2 Å². The lowest BCUT2D eigenvalue weighted by molar-refractivity contribution is 0.0607. The van der Waals surface area contributed by atoms with Crippen molar-refractivity contribution in [3.63, 3.8) is 0 Å². The Balaban J connectivity index is 1.83. The van der Waals surface area contributed by atoms with Gasteiger partial charge in [0.15, 0.2) is 0 Å². The standard InChI is InChI=1S/C16H14N2O2S2/c1-10(14-9-11-5-3-4-6-13(11)22-14)17-18-12-7-8-21-15(12)16(19)20-2/h3-9,18H,1-2H3/b17-10+. The van der Waals surface area contributed by atoms with Crippen LogP contribution in [0.15, 0.2) is 46.9 Å². The minimum Gasteiger partial charge on any atom is -0.465 e. The maximum Gasteiger partial charge on any atom is 0.350 e. The van der Waals surface area contributed by atoms with Gasteiger partial charge in [-0.25, -0.2) is 4.79 Å². The number of carbonyl (C=O) groups excluding carboxylic acids is 1. The van der Waals surface area contributed by atoms with Crippen molar-refractivity contribution in [2.45, 2.75) is 6.92 Å². The molecule has 0 aliphatic heterocycles. The number of benzene rings is 1. The van der Waals surface area contributed by atoms with Crippen LogP contribution in [-0.4, -0.2) is 18.8 Å². The van der Waals surface area contributed by atoms with Crippen LogP contribution < -0.4 is 5.43 Å². The van der Waals surface area contributed by atoms with Crippen molar-refractivity contribution in [3.8, 4) is 0 Å². The number of rotatable bonds is 4. The Hall–Kier alpha value is -2.18. The van der Waals surface area contributed by atoms with Gasteiger partial charge in [0.2, 0.25) is 0 Å². The molecule has 3 rings (SSSR count). The summed E-state index contributed by atoms with van der Waals surface area (Å²) in [5.74, 6) is -0.354. The van der Waals surface area contributed by atoms with Crippen molar-refractivity contribution in [2.24, 2.45) is 5.10 Å². The molecule has 1 N–H and O–H groups in total. The third-order valence-corrected chi connectivity index (χ3v) is 5.28. The largest absolute Gasteiger partial charge is 0.465 e. The SMILES string of the molecule is COC(=O)c1sccc1N/N=C(\C)c1cc2ccccc2s1. The highest BCUT2D eigenvalue weighted by Gasteiger charge is 2.13. The number of esters is 1. The molecule has 0 atom stereocenters. The Bertz CT molecular complexity index is 816. The Morgan fingerprint density at radius 2 is 2.09 bits per heavy atom. The summed E-state index contributed by atoms with van der Waals surface area (Å²) in [6.45, 7) is 1.95. The second kappa shape index (κ2) is 6.29. The van der Waals surface area contributed by atoms with Gasteiger partial charge in [-0.15, -0.1) is 22.7 Å². The average Bonchev–Trinajstić information content (AvgIpc) is 3.18. The molecular weight excluding hydrogens is 316 g/mol. The first-order chi connectivity index (χ1) is 10.7. The zero-order chi connectivity index (χ0) is 15.5. The van der Waals surface area contributed by atoms with Gasteiger partial charge in [0.05, 0.1) is 23.4 Å². The highest BCUT2D eigenvalue weighted by Crippen LogP contribution is 2.27. The lowest BCUT2D eigenvalue weighted by atomic mass is 10.2. The van der Waals surface area contributed by atoms with Crippen LogP contribution in [0, 0.1) is 0 Å². The zero-order valence-corrected chi connectivity index (χ0v) is 13.8. The molecule has 0 aliphatic carbocycles. The summed E-state index contributed by atoms with van der Waals surface area (Å²) in [6.07, 6.45) is 0. The molecule has 112 valence electrons. The molecule has 22 heavy (non-hydrogen) atoms. The van der Waals surface area contributed by atoms with E-state index in [9.17, 15) is 4.79 Å². The summed E-state index contributed by atoms with van der Waals surface area (Å²) in [7, 11) is 1.37. The normalized spacial score (nSPS) is 11.6. The van der Waals surface area contributed by atoms with Crippen LogP contribution in [0.25, 0.3) is 10.1 Å². The fourth-order valence-corrected chi connectivity index (χ4v) is 3.78. The minimum atomic E-state index is -0.354. The molecule has 0 bridgehead atoms. The van der Waals surface area contributed by atoms with E-state index < -0.39 is 0 Å². The van der Waals surface area contributed by atoms with Gasteiger partial charge in [-0.3, -0.25) is 5.43 Å². The molecule has 1 aromatic carbocycles. The number of anilines is 1. The molecule has 2 aromatic heterocycles. The van der Waals surface area contributed by atoms with E-state index in [-0.39, 0.29) is 5.97 Å². The maximum absolute atomic E-state index is 11.6. The summed E-state index contributed by atoms with van der Waals surface area (Å²) < 4.78 is 5.99. The number of hydrazone groups is 1. The van der Waals surface area contributed by atoms with E-state index in [1.165, 1.54) is 28.5 Å². The fourth-order valence-electron chi connectivity index (χ4n) is 2.01. The van der Waals surface area contributed by atoms with Gasteiger partial charge >= 0.3 is 5.97 Å². The number of carbonyl (C=O) groups is 1. The van der Waals surface area contributed by atoms with Gasteiger partial charge < -0.3 is 4.74 Å². The second-order valence-corrected chi connectivity index (χ2v) is 6.61. The fraction of sp³-hybridized carbons (Fsp3) is 0.125. The molecule has 0 unspecified atom stereocenters. The first-order valence-electron chi connectivity index (χ1n) is 6.64. The van der Waals surface area contributed by atoms with E-state index in [0.29, 0.717) is 10.6 Å². The predicted molar refractivity (Wildman–Crippen MR) is 93.3 cm³/mol. The molecule has 0 spiro atoms. The summed E-state index contributed by atoms with van der Waals surface area (Å²) in [6, 6.07) is 12.2. The molecule has 0 saturated carbocycles. The molecule has 6 heteroatoms. The van der Waals surface area contributed by atoms with Crippen LogP contribution >= 0.6 is 22.7 Å². The number of nitrogens with zero attached hydrogens (tertiary/aromatic N) is 1. The quantitative estimate of drug-likeness (QED) is 0.432. The Morgan fingerprint density at radius 3 is 2.86 bits per heavy atom. The lowest BCUT2D eigenvalue weighted by Crippen LogP contribution is -2.03. The van der Waals surface area contributed by atoms with Gasteiger partial charge in [0, 0.05) is 4.70 Å². The number of hydrogen-bond acceptors (Lipinski definition) is 6. The van der Waals surface area contributed by atoms with Crippen molar-refractivity contribution >= 4 is 50.1 Å². The number of hydrogen-bond donors (Lipinski definition) is 1. The van der Waals surface area contributed by atoms with Crippen molar-refractivity contribution in [1.82, 2.24) is 0 Å². The van der Waals surface area contributed by atoms with Crippen LogP contribution in [0.1, 0.15) is 21.5 Å². The lowest BCUT2D eigenvalue weighted by Gasteiger charge is -2.02. The summed E-state index contributed by atoms with van der Waals surface area (Å²) in [4.78, 5) is 13.3. The van der Waals surface area contributed by atoms with Gasteiger partial charge in [0.1, 0.15) is 4.88 Å². The summed E-state index contributed by atoms with van der Waals surface area (Å²) in [5.41, 5.74) is 4.50. The number of thiophene rings is 2. The number of ether oxygens (including phenoxy) is 1. The molecule has 0 saturated heterocycles. The minimum absolute atomic E-state index is 0.354. The van der Waals surface area contributed by atoms with Crippen LogP contribution in [-0.2, 0) is 4.74 Å². The highest BCUT2D eigenvalue weighted by atomic mass is 32.1. The van der Waals surface area contributed by atoms with E-state index >= 15 is 0 Å². The van der Waals surface area contributed by atoms with E-state index in [2.05, 4.69) is 28.7 Å². The van der Waals surface area contributed by atoms with E-state index in [4.69, 9.17) is 4.74 Å². The number of methoxy groups -OCH3 is 1. The summed E-state index contributed by atoms with van der Waals surface area (Å²) in [5, 5.41) is 7.43. The monoisotopic (exact) mass is 330 g/mol. The average molecular weight is 330 g/mol. The van der Waals surface area contributed by atoms with Gasteiger partial charge in [-0.05, 0) is 35.9 Å². The highest BCUT2D eigenvalue weighted by molar-refractivity contribution is 7.20. The third-order valence-electron chi connectivity index (χ3n) is 3.16. The molecule has 2 heterocycles. The first-order valence-corrected chi connectivity index (χ1v) is 8.33. The van der Waals surface area contributed by atoms with E-state index in [1.54, 1.807) is 11.3 Å². The van der Waals surface area contributed by atoms with Crippen LogP contribution in [0.2, 0.25) is 0 Å².